The van der Waals surface area contributed by atoms with Crippen LogP contribution < -0.4 is 10.6 Å². The van der Waals surface area contributed by atoms with Gasteiger partial charge in [0.25, 0.3) is 11.8 Å². The number of nitrogens with zero attached hydrogens (tertiary/aromatic N) is 1. The summed E-state index contributed by atoms with van der Waals surface area (Å²) in [6.45, 7) is 1.83. The molecular formula is C18H14N4O3S. The zero-order chi connectivity index (χ0) is 18.1. The molecule has 26 heavy (non-hydrogen) atoms. The molecule has 0 aliphatic heterocycles. The Balaban J connectivity index is 1.50. The minimum absolute atomic E-state index is 0.218. The predicted octanol–water partition coefficient (Wildman–Crippen LogP) is 4.03. The smallest absolute Gasteiger partial charge is 0.291 e. The number of carbonyl (C=O) groups is 2. The molecule has 2 amide bonds. The number of fused-ring (bicyclic) bond motifs is 1. The second kappa shape index (κ2) is 6.49. The number of hydrogen-bond donors (Lipinski definition) is 3. The lowest BCUT2D eigenvalue weighted by atomic mass is 10.2. The van der Waals surface area contributed by atoms with E-state index >= 15 is 0 Å². The van der Waals surface area contributed by atoms with Gasteiger partial charge in [-0.1, -0.05) is 0 Å². The first-order chi connectivity index (χ1) is 12.6. The van der Waals surface area contributed by atoms with Crippen LogP contribution in [0.3, 0.4) is 0 Å². The monoisotopic (exact) mass is 366 g/mol. The van der Waals surface area contributed by atoms with E-state index in [9.17, 15) is 9.59 Å². The highest BCUT2D eigenvalue weighted by atomic mass is 32.1. The van der Waals surface area contributed by atoms with Gasteiger partial charge in [-0.25, -0.2) is 0 Å². The molecule has 0 bridgehead atoms. The van der Waals surface area contributed by atoms with Crippen molar-refractivity contribution in [2.75, 3.05) is 10.6 Å². The van der Waals surface area contributed by atoms with Crippen molar-refractivity contribution in [1.82, 2.24) is 10.2 Å². The summed E-state index contributed by atoms with van der Waals surface area (Å²) in [6.07, 6.45) is 3.13. The first-order valence-corrected chi connectivity index (χ1v) is 8.61. The summed E-state index contributed by atoms with van der Waals surface area (Å²) in [5.41, 5.74) is 2.36. The molecule has 0 saturated carbocycles. The molecule has 1 aromatic carbocycles. The van der Waals surface area contributed by atoms with Crippen LogP contribution in [0.1, 0.15) is 25.8 Å². The van der Waals surface area contributed by atoms with Crippen molar-refractivity contribution in [3.05, 3.63) is 65.1 Å². The van der Waals surface area contributed by atoms with Gasteiger partial charge in [0.05, 0.1) is 27.9 Å². The van der Waals surface area contributed by atoms with Crippen LogP contribution in [0.2, 0.25) is 0 Å². The topological polar surface area (TPSA) is 100 Å². The first kappa shape index (κ1) is 16.1. The van der Waals surface area contributed by atoms with Crippen molar-refractivity contribution < 1.29 is 14.0 Å². The zero-order valence-electron chi connectivity index (χ0n) is 13.7. The molecule has 0 spiro atoms. The van der Waals surface area contributed by atoms with Crippen LogP contribution in [0.4, 0.5) is 10.7 Å². The molecule has 3 N–H and O–H groups in total. The van der Waals surface area contributed by atoms with Crippen molar-refractivity contribution in [3.8, 4) is 0 Å². The number of benzene rings is 1. The lowest BCUT2D eigenvalue weighted by Gasteiger charge is -2.04. The second-order valence-electron chi connectivity index (χ2n) is 5.68. The normalized spacial score (nSPS) is 10.8. The number of amides is 2. The van der Waals surface area contributed by atoms with Gasteiger partial charge in [-0.15, -0.1) is 11.3 Å². The molecular weight excluding hydrogens is 352 g/mol. The minimum atomic E-state index is -0.353. The van der Waals surface area contributed by atoms with E-state index in [1.807, 2.05) is 19.1 Å². The number of rotatable bonds is 4. The standard InChI is InChI=1S/C18H14N4O3S/c1-10-7-15(21-17(23)14-3-2-6-25-14)26-16(10)18(24)20-12-4-5-13-11(8-12)9-19-22-13/h2-9H,1H3,(H,19,22)(H,20,24)(H,21,23). The fraction of sp³-hybridized carbons (Fsp3) is 0.0556. The van der Waals surface area contributed by atoms with E-state index in [1.165, 1.54) is 17.6 Å². The third kappa shape index (κ3) is 3.09. The van der Waals surface area contributed by atoms with Crippen LogP contribution in [0.25, 0.3) is 10.9 Å². The minimum Gasteiger partial charge on any atom is -0.459 e. The summed E-state index contributed by atoms with van der Waals surface area (Å²) in [5, 5.41) is 13.9. The maximum Gasteiger partial charge on any atom is 0.291 e. The van der Waals surface area contributed by atoms with Crippen molar-refractivity contribution in [3.63, 3.8) is 0 Å². The van der Waals surface area contributed by atoms with E-state index in [2.05, 4.69) is 20.8 Å². The lowest BCUT2D eigenvalue weighted by Crippen LogP contribution is -2.11. The number of H-pyrrole nitrogens is 1. The third-order valence-electron chi connectivity index (χ3n) is 3.80. The summed E-state index contributed by atoms with van der Waals surface area (Å²) in [5.74, 6) is -0.363. The summed E-state index contributed by atoms with van der Waals surface area (Å²) >= 11 is 1.21. The fourth-order valence-electron chi connectivity index (χ4n) is 2.56. The Morgan fingerprint density at radius 2 is 2.04 bits per heavy atom. The van der Waals surface area contributed by atoms with Crippen molar-refractivity contribution in [1.29, 1.82) is 0 Å². The molecule has 4 aromatic rings. The molecule has 0 aliphatic carbocycles. The maximum absolute atomic E-state index is 12.6. The zero-order valence-corrected chi connectivity index (χ0v) is 14.5. The summed E-state index contributed by atoms with van der Waals surface area (Å²) in [7, 11) is 0. The van der Waals surface area contributed by atoms with Gasteiger partial charge in [-0.05, 0) is 48.9 Å². The van der Waals surface area contributed by atoms with E-state index < -0.39 is 0 Å². The largest absolute Gasteiger partial charge is 0.459 e. The van der Waals surface area contributed by atoms with Gasteiger partial charge in [-0.2, -0.15) is 5.10 Å². The Labute approximate surface area is 152 Å². The number of nitrogens with one attached hydrogen (secondary N) is 3. The van der Waals surface area contributed by atoms with Crippen LogP contribution in [0.15, 0.2) is 53.3 Å². The molecule has 0 fully saturated rings. The van der Waals surface area contributed by atoms with Gasteiger partial charge in [0.15, 0.2) is 5.76 Å². The highest BCUT2D eigenvalue weighted by Crippen LogP contribution is 2.28. The number of hydrogen-bond acceptors (Lipinski definition) is 5. The molecule has 3 heterocycles. The van der Waals surface area contributed by atoms with Gasteiger partial charge in [0, 0.05) is 11.1 Å². The Morgan fingerprint density at radius 1 is 1.15 bits per heavy atom. The van der Waals surface area contributed by atoms with Gasteiger partial charge in [0.2, 0.25) is 0 Å². The molecule has 0 saturated heterocycles. The van der Waals surface area contributed by atoms with E-state index in [0.717, 1.165) is 16.5 Å². The van der Waals surface area contributed by atoms with Crippen molar-refractivity contribution in [2.45, 2.75) is 6.92 Å². The number of carbonyl (C=O) groups excluding carboxylic acids is 2. The third-order valence-corrected chi connectivity index (χ3v) is 4.96. The molecule has 0 aliphatic rings. The Hall–Kier alpha value is -3.39. The van der Waals surface area contributed by atoms with E-state index in [-0.39, 0.29) is 17.6 Å². The summed E-state index contributed by atoms with van der Waals surface area (Å²) in [4.78, 5) is 25.2. The Bertz CT molecular complexity index is 1100. The quantitative estimate of drug-likeness (QED) is 0.508. The van der Waals surface area contributed by atoms with Crippen molar-refractivity contribution in [2.24, 2.45) is 0 Å². The molecule has 0 radical (unpaired) electrons. The number of anilines is 2. The molecule has 7 nitrogen and oxygen atoms in total. The van der Waals surface area contributed by atoms with Crippen LogP contribution in [0, 0.1) is 6.92 Å². The van der Waals surface area contributed by atoms with Crippen LogP contribution in [-0.2, 0) is 0 Å². The molecule has 8 heteroatoms. The fourth-order valence-corrected chi connectivity index (χ4v) is 3.52. The Morgan fingerprint density at radius 3 is 2.85 bits per heavy atom. The average Bonchev–Trinajstić information content (AvgIpc) is 3.34. The average molecular weight is 366 g/mol. The van der Waals surface area contributed by atoms with Gasteiger partial charge >= 0.3 is 0 Å². The van der Waals surface area contributed by atoms with E-state index in [4.69, 9.17) is 4.42 Å². The summed E-state index contributed by atoms with van der Waals surface area (Å²) < 4.78 is 5.07. The van der Waals surface area contributed by atoms with Crippen LogP contribution in [-0.4, -0.2) is 22.0 Å². The number of aromatic nitrogens is 2. The molecule has 130 valence electrons. The van der Waals surface area contributed by atoms with Crippen LogP contribution >= 0.6 is 11.3 Å². The lowest BCUT2D eigenvalue weighted by molar-refractivity contribution is 0.0995. The van der Waals surface area contributed by atoms with E-state index in [1.54, 1.807) is 30.5 Å². The van der Waals surface area contributed by atoms with Crippen LogP contribution in [0.5, 0.6) is 0 Å². The maximum atomic E-state index is 12.6. The van der Waals surface area contributed by atoms with Crippen molar-refractivity contribution >= 4 is 44.7 Å². The SMILES string of the molecule is Cc1cc(NC(=O)c2ccco2)sc1C(=O)Nc1ccc2[nH]ncc2c1. The predicted molar refractivity (Wildman–Crippen MR) is 99.8 cm³/mol. The number of thiophene rings is 1. The molecule has 0 atom stereocenters. The number of aromatic amines is 1. The first-order valence-electron chi connectivity index (χ1n) is 7.80. The number of furan rings is 1. The molecule has 4 rings (SSSR count). The summed E-state index contributed by atoms with van der Waals surface area (Å²) in [6, 6.07) is 10.5. The molecule has 3 aromatic heterocycles. The van der Waals surface area contributed by atoms with Gasteiger partial charge in [-0.3, -0.25) is 14.7 Å². The highest BCUT2D eigenvalue weighted by Gasteiger charge is 2.17. The highest BCUT2D eigenvalue weighted by molar-refractivity contribution is 7.18. The molecule has 0 unspecified atom stereocenters. The Kier molecular flexibility index (Phi) is 4.02. The van der Waals surface area contributed by atoms with E-state index in [0.29, 0.717) is 15.6 Å². The number of aryl methyl sites for hydroxylation is 1. The van der Waals surface area contributed by atoms with Gasteiger partial charge < -0.3 is 15.1 Å². The van der Waals surface area contributed by atoms with Gasteiger partial charge in [0.1, 0.15) is 0 Å². The second-order valence-corrected chi connectivity index (χ2v) is 6.73.